The van der Waals surface area contributed by atoms with Crippen LogP contribution in [0.15, 0.2) is 34.8 Å². The van der Waals surface area contributed by atoms with Crippen molar-refractivity contribution in [2.45, 2.75) is 6.54 Å². The summed E-state index contributed by atoms with van der Waals surface area (Å²) in [5, 5.41) is 2.89. The third-order valence-corrected chi connectivity index (χ3v) is 3.48. The molecule has 0 unspecified atom stereocenters. The first kappa shape index (κ1) is 15.2. The standard InChI is InChI=1S/C14H11BrClF2NO/c1-19-7-8-2-3-13(12(18)4-8)20-14-6-11(17)10(16)5-9(14)15/h2-6,19H,7H2,1H3. The SMILES string of the molecule is CNCc1ccc(Oc2cc(F)c(Cl)cc2Br)c(F)c1. The molecule has 0 amide bonds. The van der Waals surface area contributed by atoms with E-state index in [-0.39, 0.29) is 16.5 Å². The normalized spacial score (nSPS) is 10.7. The van der Waals surface area contributed by atoms with Crippen molar-refractivity contribution in [3.8, 4) is 11.5 Å². The average molecular weight is 363 g/mol. The van der Waals surface area contributed by atoms with E-state index in [0.717, 1.165) is 11.6 Å². The molecule has 106 valence electrons. The van der Waals surface area contributed by atoms with Crippen LogP contribution in [0.2, 0.25) is 5.02 Å². The van der Waals surface area contributed by atoms with Crippen molar-refractivity contribution in [3.63, 3.8) is 0 Å². The molecule has 0 saturated heterocycles. The molecule has 1 N–H and O–H groups in total. The number of hydrogen-bond acceptors (Lipinski definition) is 2. The summed E-state index contributed by atoms with van der Waals surface area (Å²) in [4.78, 5) is 0. The molecule has 2 aromatic rings. The Balaban J connectivity index is 2.28. The lowest BCUT2D eigenvalue weighted by atomic mass is 10.2. The molecule has 2 nitrogen and oxygen atoms in total. The molecule has 0 radical (unpaired) electrons. The minimum Gasteiger partial charge on any atom is -0.453 e. The molecule has 2 rings (SSSR count). The van der Waals surface area contributed by atoms with E-state index in [9.17, 15) is 8.78 Å². The van der Waals surface area contributed by atoms with Gasteiger partial charge in [0.2, 0.25) is 0 Å². The van der Waals surface area contributed by atoms with Crippen LogP contribution in [0.1, 0.15) is 5.56 Å². The third-order valence-electron chi connectivity index (χ3n) is 2.57. The molecule has 0 heterocycles. The Hall–Kier alpha value is -1.17. The van der Waals surface area contributed by atoms with Crippen molar-refractivity contribution in [2.24, 2.45) is 0 Å². The zero-order valence-electron chi connectivity index (χ0n) is 10.5. The predicted molar refractivity (Wildman–Crippen MR) is 78.3 cm³/mol. The molecule has 0 saturated carbocycles. The van der Waals surface area contributed by atoms with Crippen molar-refractivity contribution < 1.29 is 13.5 Å². The second kappa shape index (κ2) is 6.52. The lowest BCUT2D eigenvalue weighted by molar-refractivity contribution is 0.436. The molecule has 2 aromatic carbocycles. The molecule has 0 fully saturated rings. The molecule has 0 aliphatic carbocycles. The first-order valence-electron chi connectivity index (χ1n) is 5.76. The maximum atomic E-state index is 13.9. The first-order valence-corrected chi connectivity index (χ1v) is 6.93. The van der Waals surface area contributed by atoms with Gasteiger partial charge >= 0.3 is 0 Å². The smallest absolute Gasteiger partial charge is 0.166 e. The summed E-state index contributed by atoms with van der Waals surface area (Å²) in [7, 11) is 1.77. The predicted octanol–water partition coefficient (Wildman–Crippen LogP) is 4.89. The van der Waals surface area contributed by atoms with Gasteiger partial charge in [0.05, 0.1) is 9.50 Å². The minimum absolute atomic E-state index is 0.0206. The van der Waals surface area contributed by atoms with Crippen LogP contribution in [0.3, 0.4) is 0 Å². The van der Waals surface area contributed by atoms with Crippen LogP contribution in [0.4, 0.5) is 8.78 Å². The molecule has 6 heteroatoms. The Labute approximate surface area is 128 Å². The zero-order valence-corrected chi connectivity index (χ0v) is 12.9. The average Bonchev–Trinajstić information content (AvgIpc) is 2.39. The van der Waals surface area contributed by atoms with Crippen LogP contribution in [0, 0.1) is 11.6 Å². The summed E-state index contributed by atoms with van der Waals surface area (Å²) in [6.07, 6.45) is 0. The van der Waals surface area contributed by atoms with Gasteiger partial charge in [0.25, 0.3) is 0 Å². The Morgan fingerprint density at radius 3 is 2.55 bits per heavy atom. The van der Waals surface area contributed by atoms with Crippen LogP contribution in [-0.4, -0.2) is 7.05 Å². The quantitative estimate of drug-likeness (QED) is 0.782. The van der Waals surface area contributed by atoms with E-state index < -0.39 is 11.6 Å². The van der Waals surface area contributed by atoms with Gasteiger partial charge in [-0.25, -0.2) is 8.78 Å². The largest absolute Gasteiger partial charge is 0.453 e. The van der Waals surface area contributed by atoms with Crippen molar-refractivity contribution in [1.29, 1.82) is 0 Å². The van der Waals surface area contributed by atoms with Gasteiger partial charge in [-0.15, -0.1) is 0 Å². The highest BCUT2D eigenvalue weighted by molar-refractivity contribution is 9.10. The van der Waals surface area contributed by atoms with E-state index in [1.807, 2.05) is 0 Å². The molecule has 0 aliphatic heterocycles. The first-order chi connectivity index (χ1) is 9.51. The van der Waals surface area contributed by atoms with Gasteiger partial charge in [0.15, 0.2) is 11.6 Å². The van der Waals surface area contributed by atoms with Gasteiger partial charge in [-0.2, -0.15) is 0 Å². The Bertz CT molecular complexity index is 637. The molecular formula is C14H11BrClF2NO. The summed E-state index contributed by atoms with van der Waals surface area (Å²) in [5.74, 6) is -0.962. The van der Waals surface area contributed by atoms with Crippen molar-refractivity contribution in [2.75, 3.05) is 7.05 Å². The lowest BCUT2D eigenvalue weighted by Gasteiger charge is -2.10. The van der Waals surface area contributed by atoms with E-state index in [1.165, 1.54) is 18.2 Å². The van der Waals surface area contributed by atoms with E-state index in [1.54, 1.807) is 13.1 Å². The van der Waals surface area contributed by atoms with Crippen molar-refractivity contribution in [3.05, 3.63) is 57.0 Å². The van der Waals surface area contributed by atoms with Gasteiger partial charge in [-0.3, -0.25) is 0 Å². The fourth-order valence-corrected chi connectivity index (χ4v) is 2.36. The summed E-state index contributed by atoms with van der Waals surface area (Å²) >= 11 is 8.83. The Morgan fingerprint density at radius 2 is 1.90 bits per heavy atom. The third kappa shape index (κ3) is 3.48. The van der Waals surface area contributed by atoms with Crippen LogP contribution >= 0.6 is 27.5 Å². The lowest BCUT2D eigenvalue weighted by Crippen LogP contribution is -2.05. The fourth-order valence-electron chi connectivity index (χ4n) is 1.64. The Kier molecular flexibility index (Phi) is 4.96. The van der Waals surface area contributed by atoms with Crippen molar-refractivity contribution >= 4 is 27.5 Å². The summed E-state index contributed by atoms with van der Waals surface area (Å²) in [6, 6.07) is 7.06. The number of halogens is 4. The van der Waals surface area contributed by atoms with E-state index in [0.29, 0.717) is 11.0 Å². The van der Waals surface area contributed by atoms with E-state index >= 15 is 0 Å². The fraction of sp³-hybridized carbons (Fsp3) is 0.143. The number of benzene rings is 2. The second-order valence-electron chi connectivity index (χ2n) is 4.09. The minimum atomic E-state index is -0.628. The van der Waals surface area contributed by atoms with Gasteiger partial charge in [-0.05, 0) is 46.7 Å². The summed E-state index contributed by atoms with van der Waals surface area (Å²) in [6.45, 7) is 0.552. The topological polar surface area (TPSA) is 21.3 Å². The monoisotopic (exact) mass is 361 g/mol. The van der Waals surface area contributed by atoms with Crippen LogP contribution in [0.25, 0.3) is 0 Å². The molecule has 0 spiro atoms. The van der Waals surface area contributed by atoms with Gasteiger partial charge < -0.3 is 10.1 Å². The van der Waals surface area contributed by atoms with Crippen LogP contribution < -0.4 is 10.1 Å². The van der Waals surface area contributed by atoms with E-state index in [2.05, 4.69) is 21.2 Å². The van der Waals surface area contributed by atoms with Gasteiger partial charge in [0, 0.05) is 12.6 Å². The maximum Gasteiger partial charge on any atom is 0.166 e. The van der Waals surface area contributed by atoms with Crippen molar-refractivity contribution in [1.82, 2.24) is 5.32 Å². The number of hydrogen-bond donors (Lipinski definition) is 1. The molecule has 20 heavy (non-hydrogen) atoms. The summed E-state index contributed by atoms with van der Waals surface area (Å²) in [5.41, 5.74) is 0.790. The number of nitrogens with one attached hydrogen (secondary N) is 1. The van der Waals surface area contributed by atoms with Crippen LogP contribution in [0.5, 0.6) is 11.5 Å². The highest BCUT2D eigenvalue weighted by atomic mass is 79.9. The number of ether oxygens (including phenoxy) is 1. The van der Waals surface area contributed by atoms with Gasteiger partial charge in [0.1, 0.15) is 11.6 Å². The highest BCUT2D eigenvalue weighted by Crippen LogP contribution is 2.34. The summed E-state index contributed by atoms with van der Waals surface area (Å²) < 4.78 is 33.1. The van der Waals surface area contributed by atoms with Crippen LogP contribution in [-0.2, 0) is 6.54 Å². The Morgan fingerprint density at radius 1 is 1.15 bits per heavy atom. The molecular weight excluding hydrogens is 352 g/mol. The highest BCUT2D eigenvalue weighted by Gasteiger charge is 2.11. The maximum absolute atomic E-state index is 13.9. The van der Waals surface area contributed by atoms with Gasteiger partial charge in [-0.1, -0.05) is 17.7 Å². The molecule has 0 atom stereocenters. The molecule has 0 aliphatic rings. The second-order valence-corrected chi connectivity index (χ2v) is 5.36. The number of rotatable bonds is 4. The molecule has 0 aromatic heterocycles. The van der Waals surface area contributed by atoms with E-state index in [4.69, 9.17) is 16.3 Å². The zero-order chi connectivity index (χ0) is 14.7. The molecule has 0 bridgehead atoms.